The molecule has 0 aliphatic carbocycles. The minimum Gasteiger partial charge on any atom is -0.222 e. The molecule has 2 heterocycles. The van der Waals surface area contributed by atoms with E-state index in [2.05, 4.69) is 11.2 Å². The average Bonchev–Trinajstić information content (AvgIpc) is 2.36. The Labute approximate surface area is 63.0 Å². The van der Waals surface area contributed by atoms with Crippen molar-refractivity contribution in [3.63, 3.8) is 0 Å². The summed E-state index contributed by atoms with van der Waals surface area (Å²) in [6.45, 7) is 0. The summed E-state index contributed by atoms with van der Waals surface area (Å²) < 4.78 is 1.63. The van der Waals surface area contributed by atoms with Crippen molar-refractivity contribution in [3.8, 4) is 0 Å². The molecular formula is C7H4ClN2. The number of fused-ring (bicyclic) bond motifs is 1. The number of hydrogen-bond acceptors (Lipinski definition) is 1. The van der Waals surface area contributed by atoms with Crippen molar-refractivity contribution in [1.82, 2.24) is 9.61 Å². The highest BCUT2D eigenvalue weighted by Gasteiger charge is 1.94. The molecule has 0 spiro atoms. The third-order valence-corrected chi connectivity index (χ3v) is 1.58. The zero-order valence-corrected chi connectivity index (χ0v) is 5.84. The van der Waals surface area contributed by atoms with Gasteiger partial charge in [-0.15, -0.1) is 0 Å². The maximum absolute atomic E-state index is 5.78. The first-order valence-electron chi connectivity index (χ1n) is 2.88. The molecule has 2 aromatic rings. The third kappa shape index (κ3) is 0.693. The number of rotatable bonds is 0. The largest absolute Gasteiger partial charge is 0.222 e. The summed E-state index contributed by atoms with van der Waals surface area (Å²) >= 11 is 5.78. The van der Waals surface area contributed by atoms with Crippen LogP contribution in [-0.4, -0.2) is 9.61 Å². The van der Waals surface area contributed by atoms with Gasteiger partial charge in [0.25, 0.3) is 0 Å². The minimum atomic E-state index is 0.610. The van der Waals surface area contributed by atoms with Crippen LogP contribution in [0.4, 0.5) is 0 Å². The standard InChI is InChI=1S/C7H4ClN2/c8-7-3-1-2-6-4-5-9-10(6)7/h1,3-5H. The monoisotopic (exact) mass is 151 g/mol. The summed E-state index contributed by atoms with van der Waals surface area (Å²) in [6, 6.07) is 8.37. The molecule has 0 fully saturated rings. The predicted molar refractivity (Wildman–Crippen MR) is 39.0 cm³/mol. The highest BCUT2D eigenvalue weighted by atomic mass is 35.5. The normalized spacial score (nSPS) is 10.5. The SMILES string of the molecule is Clc1cc[c]c2ccnn12. The fraction of sp³-hybridized carbons (Fsp3) is 0. The Kier molecular flexibility index (Phi) is 1.14. The van der Waals surface area contributed by atoms with Crippen LogP contribution < -0.4 is 0 Å². The van der Waals surface area contributed by atoms with Crippen LogP contribution in [0.3, 0.4) is 0 Å². The fourth-order valence-electron chi connectivity index (χ4n) is 0.849. The van der Waals surface area contributed by atoms with Crippen LogP contribution in [0.15, 0.2) is 24.4 Å². The maximum Gasteiger partial charge on any atom is 0.131 e. The molecule has 10 heavy (non-hydrogen) atoms. The van der Waals surface area contributed by atoms with E-state index in [-0.39, 0.29) is 0 Å². The van der Waals surface area contributed by atoms with Crippen LogP contribution in [0.25, 0.3) is 5.52 Å². The lowest BCUT2D eigenvalue weighted by Gasteiger charge is -1.92. The Morgan fingerprint density at radius 2 is 2.40 bits per heavy atom. The van der Waals surface area contributed by atoms with Gasteiger partial charge < -0.3 is 0 Å². The van der Waals surface area contributed by atoms with Crippen molar-refractivity contribution >= 4 is 17.1 Å². The Hall–Kier alpha value is -1.02. The summed E-state index contributed by atoms with van der Waals surface area (Å²) in [5.74, 6) is 0. The van der Waals surface area contributed by atoms with E-state index in [0.717, 1.165) is 5.52 Å². The first kappa shape index (κ1) is 5.74. The fourth-order valence-corrected chi connectivity index (χ4v) is 1.05. The molecule has 49 valence electrons. The number of aromatic nitrogens is 2. The zero-order chi connectivity index (χ0) is 6.97. The lowest BCUT2D eigenvalue weighted by Crippen LogP contribution is -1.86. The van der Waals surface area contributed by atoms with Crippen LogP contribution in [-0.2, 0) is 0 Å². The van der Waals surface area contributed by atoms with E-state index < -0.39 is 0 Å². The molecule has 0 saturated heterocycles. The summed E-state index contributed by atoms with van der Waals surface area (Å²) in [5.41, 5.74) is 0.896. The lowest BCUT2D eigenvalue weighted by molar-refractivity contribution is 0.961. The molecule has 0 aliphatic heterocycles. The van der Waals surface area contributed by atoms with E-state index in [1.807, 2.05) is 6.07 Å². The molecule has 0 aromatic carbocycles. The molecule has 3 heteroatoms. The zero-order valence-electron chi connectivity index (χ0n) is 5.08. The van der Waals surface area contributed by atoms with Gasteiger partial charge in [-0.05, 0) is 18.2 Å². The van der Waals surface area contributed by atoms with Gasteiger partial charge in [0.15, 0.2) is 0 Å². The van der Waals surface area contributed by atoms with Gasteiger partial charge in [0.1, 0.15) is 5.15 Å². The van der Waals surface area contributed by atoms with E-state index >= 15 is 0 Å². The molecule has 0 bridgehead atoms. The van der Waals surface area contributed by atoms with Crippen molar-refractivity contribution in [2.75, 3.05) is 0 Å². The molecular weight excluding hydrogens is 148 g/mol. The summed E-state index contributed by atoms with van der Waals surface area (Å²) in [6.07, 6.45) is 1.69. The van der Waals surface area contributed by atoms with Gasteiger partial charge in [0.05, 0.1) is 11.7 Å². The highest BCUT2D eigenvalue weighted by Crippen LogP contribution is 2.09. The second-order valence-electron chi connectivity index (χ2n) is 1.93. The number of pyridine rings is 1. The first-order valence-corrected chi connectivity index (χ1v) is 3.26. The molecule has 0 aliphatic rings. The van der Waals surface area contributed by atoms with Crippen LogP contribution in [0.2, 0.25) is 5.15 Å². The molecule has 2 rings (SSSR count). The molecule has 0 unspecified atom stereocenters. The number of halogens is 1. The topological polar surface area (TPSA) is 17.3 Å². The van der Waals surface area contributed by atoms with Crippen LogP contribution in [0, 0.1) is 6.07 Å². The highest BCUT2D eigenvalue weighted by molar-refractivity contribution is 6.29. The van der Waals surface area contributed by atoms with E-state index in [9.17, 15) is 0 Å². The van der Waals surface area contributed by atoms with Crippen molar-refractivity contribution in [2.45, 2.75) is 0 Å². The van der Waals surface area contributed by atoms with Gasteiger partial charge in [0.2, 0.25) is 0 Å². The van der Waals surface area contributed by atoms with Crippen LogP contribution in [0.5, 0.6) is 0 Å². The van der Waals surface area contributed by atoms with Gasteiger partial charge in [-0.2, -0.15) is 5.10 Å². The number of nitrogens with zero attached hydrogens (tertiary/aromatic N) is 2. The van der Waals surface area contributed by atoms with E-state index in [4.69, 9.17) is 11.6 Å². The minimum absolute atomic E-state index is 0.610. The van der Waals surface area contributed by atoms with Gasteiger partial charge in [-0.25, -0.2) is 4.52 Å². The maximum atomic E-state index is 5.78. The van der Waals surface area contributed by atoms with Crippen molar-refractivity contribution < 1.29 is 0 Å². The molecule has 0 amide bonds. The predicted octanol–water partition coefficient (Wildman–Crippen LogP) is 1.79. The Morgan fingerprint density at radius 3 is 3.20 bits per heavy atom. The van der Waals surface area contributed by atoms with Crippen LogP contribution >= 0.6 is 11.6 Å². The Balaban J connectivity index is 2.95. The second-order valence-corrected chi connectivity index (χ2v) is 2.32. The van der Waals surface area contributed by atoms with E-state index in [0.29, 0.717) is 5.15 Å². The quantitative estimate of drug-likeness (QED) is 0.525. The molecule has 0 N–H and O–H groups in total. The van der Waals surface area contributed by atoms with Crippen molar-refractivity contribution in [2.24, 2.45) is 0 Å². The number of hydrogen-bond donors (Lipinski definition) is 0. The van der Waals surface area contributed by atoms with Crippen molar-refractivity contribution in [1.29, 1.82) is 0 Å². The Bertz CT molecular complexity index is 353. The van der Waals surface area contributed by atoms with Gasteiger partial charge in [0, 0.05) is 6.07 Å². The summed E-state index contributed by atoms with van der Waals surface area (Å²) in [5, 5.41) is 4.58. The van der Waals surface area contributed by atoms with Gasteiger partial charge in [-0.3, -0.25) is 0 Å². The first-order chi connectivity index (χ1) is 4.88. The smallest absolute Gasteiger partial charge is 0.131 e. The lowest BCUT2D eigenvalue weighted by atomic mass is 10.4. The van der Waals surface area contributed by atoms with Gasteiger partial charge >= 0.3 is 0 Å². The van der Waals surface area contributed by atoms with E-state index in [1.54, 1.807) is 22.8 Å². The van der Waals surface area contributed by atoms with Gasteiger partial charge in [-0.1, -0.05) is 11.6 Å². The van der Waals surface area contributed by atoms with E-state index in [1.165, 1.54) is 0 Å². The Morgan fingerprint density at radius 1 is 1.50 bits per heavy atom. The summed E-state index contributed by atoms with van der Waals surface area (Å²) in [7, 11) is 0. The molecule has 2 aromatic heterocycles. The summed E-state index contributed by atoms with van der Waals surface area (Å²) in [4.78, 5) is 0. The second kappa shape index (κ2) is 1.99. The van der Waals surface area contributed by atoms with Crippen molar-refractivity contribution in [3.05, 3.63) is 35.6 Å². The molecule has 0 saturated carbocycles. The average molecular weight is 152 g/mol. The molecule has 1 radical (unpaired) electrons. The molecule has 2 nitrogen and oxygen atoms in total. The van der Waals surface area contributed by atoms with Crippen LogP contribution in [0.1, 0.15) is 0 Å². The third-order valence-electron chi connectivity index (χ3n) is 1.30. The molecule has 0 atom stereocenters.